The maximum absolute atomic E-state index is 14.8. The molecule has 0 radical (unpaired) electrons. The van der Waals surface area contributed by atoms with Crippen LogP contribution in [0.4, 0.5) is 10.1 Å². The molecule has 0 bridgehead atoms. The van der Waals surface area contributed by atoms with Crippen LogP contribution in [0.15, 0.2) is 82.7 Å². The molecule has 1 saturated heterocycles. The van der Waals surface area contributed by atoms with Gasteiger partial charge in [0, 0.05) is 29.9 Å². The summed E-state index contributed by atoms with van der Waals surface area (Å²) < 4.78 is 16.0. The average Bonchev–Trinajstić information content (AvgIpc) is 3.35. The molecule has 5 nitrogen and oxygen atoms in total. The number of anilines is 1. The van der Waals surface area contributed by atoms with Crippen LogP contribution in [0.2, 0.25) is 0 Å². The maximum atomic E-state index is 14.8. The molecule has 4 aromatic rings. The Labute approximate surface area is 179 Å². The first-order valence-corrected chi connectivity index (χ1v) is 10.4. The topological polar surface area (TPSA) is 50.5 Å². The third-order valence-electron chi connectivity index (χ3n) is 5.55. The lowest BCUT2D eigenvalue weighted by molar-refractivity contribution is 0.625. The van der Waals surface area contributed by atoms with E-state index in [2.05, 4.69) is 15.0 Å². The van der Waals surface area contributed by atoms with E-state index in [0.717, 1.165) is 37.2 Å². The highest BCUT2D eigenvalue weighted by molar-refractivity contribution is 5.82. The largest absolute Gasteiger partial charge is 0.371 e. The van der Waals surface area contributed by atoms with Crippen molar-refractivity contribution in [1.29, 1.82) is 0 Å². The number of aromatic nitrogens is 2. The number of rotatable bonds is 4. The SMILES string of the molecule is O=c1c2ccccc2nc(-c2ccccc2)n1N=Cc1ccc(N2CCCC2)cc1F. The molecule has 0 spiro atoms. The summed E-state index contributed by atoms with van der Waals surface area (Å²) in [6.45, 7) is 1.90. The van der Waals surface area contributed by atoms with Crippen molar-refractivity contribution in [3.05, 3.63) is 94.5 Å². The highest BCUT2D eigenvalue weighted by atomic mass is 19.1. The van der Waals surface area contributed by atoms with Gasteiger partial charge in [-0.25, -0.2) is 9.37 Å². The predicted molar refractivity (Wildman–Crippen MR) is 122 cm³/mol. The van der Waals surface area contributed by atoms with Crippen LogP contribution in [0.25, 0.3) is 22.3 Å². The number of halogens is 1. The van der Waals surface area contributed by atoms with Crippen LogP contribution in [0.1, 0.15) is 18.4 Å². The summed E-state index contributed by atoms with van der Waals surface area (Å²) in [7, 11) is 0. The first-order chi connectivity index (χ1) is 15.2. The van der Waals surface area contributed by atoms with Gasteiger partial charge < -0.3 is 4.90 Å². The second kappa shape index (κ2) is 8.14. The summed E-state index contributed by atoms with van der Waals surface area (Å²) >= 11 is 0. The van der Waals surface area contributed by atoms with Crippen molar-refractivity contribution in [3.63, 3.8) is 0 Å². The van der Waals surface area contributed by atoms with Crippen molar-refractivity contribution in [1.82, 2.24) is 9.66 Å². The molecule has 0 atom stereocenters. The fourth-order valence-corrected chi connectivity index (χ4v) is 3.92. The van der Waals surface area contributed by atoms with E-state index in [4.69, 9.17) is 0 Å². The Morgan fingerprint density at radius 2 is 1.68 bits per heavy atom. The van der Waals surface area contributed by atoms with E-state index in [-0.39, 0.29) is 11.4 Å². The van der Waals surface area contributed by atoms with E-state index in [1.165, 1.54) is 17.0 Å². The van der Waals surface area contributed by atoms with Gasteiger partial charge in [0.1, 0.15) is 5.82 Å². The van der Waals surface area contributed by atoms with Crippen LogP contribution < -0.4 is 10.5 Å². The lowest BCUT2D eigenvalue weighted by atomic mass is 10.2. The molecule has 5 rings (SSSR count). The number of hydrogen-bond donors (Lipinski definition) is 0. The van der Waals surface area contributed by atoms with Gasteiger partial charge in [0.25, 0.3) is 5.56 Å². The minimum absolute atomic E-state index is 0.296. The molecule has 0 saturated carbocycles. The second-order valence-electron chi connectivity index (χ2n) is 7.58. The molecule has 1 aliphatic heterocycles. The normalized spacial score (nSPS) is 14.0. The molecule has 0 aliphatic carbocycles. The van der Waals surface area contributed by atoms with E-state index < -0.39 is 0 Å². The van der Waals surface area contributed by atoms with Gasteiger partial charge in [0.15, 0.2) is 5.82 Å². The number of hydrogen-bond acceptors (Lipinski definition) is 4. The van der Waals surface area contributed by atoms with Crippen LogP contribution >= 0.6 is 0 Å². The van der Waals surface area contributed by atoms with Gasteiger partial charge in [0.2, 0.25) is 0 Å². The molecule has 1 aromatic heterocycles. The zero-order chi connectivity index (χ0) is 21.2. The van der Waals surface area contributed by atoms with Crippen LogP contribution in [0.3, 0.4) is 0 Å². The molecule has 1 fully saturated rings. The van der Waals surface area contributed by atoms with E-state index >= 15 is 0 Å². The molecule has 31 heavy (non-hydrogen) atoms. The van der Waals surface area contributed by atoms with Gasteiger partial charge in [-0.2, -0.15) is 9.78 Å². The third-order valence-corrected chi connectivity index (χ3v) is 5.55. The molecule has 0 unspecified atom stereocenters. The standard InChI is InChI=1S/C25H21FN4O/c26-22-16-20(29-14-6-7-15-29)13-12-19(22)17-27-30-24(18-8-2-1-3-9-18)28-23-11-5-4-10-21(23)25(30)31/h1-5,8-13,16-17H,6-7,14-15H2. The first kappa shape index (κ1) is 19.2. The molecule has 1 aliphatic rings. The summed E-state index contributed by atoms with van der Waals surface area (Å²) in [5.74, 6) is 0.0471. The predicted octanol–water partition coefficient (Wildman–Crippen LogP) is 4.69. The molecule has 2 heterocycles. The summed E-state index contributed by atoms with van der Waals surface area (Å²) in [4.78, 5) is 20.0. The highest BCUT2D eigenvalue weighted by Gasteiger charge is 2.15. The Kier molecular flexibility index (Phi) is 5.04. The summed E-state index contributed by atoms with van der Waals surface area (Å²) in [6, 6.07) is 21.7. The van der Waals surface area contributed by atoms with E-state index in [9.17, 15) is 9.18 Å². The van der Waals surface area contributed by atoms with Crippen molar-refractivity contribution in [2.75, 3.05) is 18.0 Å². The number of benzene rings is 3. The first-order valence-electron chi connectivity index (χ1n) is 10.4. The van der Waals surface area contributed by atoms with Gasteiger partial charge in [-0.1, -0.05) is 42.5 Å². The minimum atomic E-state index is -0.365. The fourth-order valence-electron chi connectivity index (χ4n) is 3.92. The Bertz CT molecular complexity index is 1320. The van der Waals surface area contributed by atoms with Gasteiger partial charge in [-0.3, -0.25) is 4.79 Å². The third kappa shape index (κ3) is 3.72. The molecule has 154 valence electrons. The van der Waals surface area contributed by atoms with Crippen LogP contribution in [-0.2, 0) is 0 Å². The van der Waals surface area contributed by atoms with Crippen molar-refractivity contribution >= 4 is 22.8 Å². The minimum Gasteiger partial charge on any atom is -0.371 e. The van der Waals surface area contributed by atoms with Gasteiger partial charge in [-0.15, -0.1) is 0 Å². The second-order valence-corrected chi connectivity index (χ2v) is 7.58. The van der Waals surface area contributed by atoms with Crippen LogP contribution in [0, 0.1) is 5.82 Å². The molecule has 3 aromatic carbocycles. The lowest BCUT2D eigenvalue weighted by Gasteiger charge is -2.17. The monoisotopic (exact) mass is 412 g/mol. The molecular formula is C25H21FN4O. The average molecular weight is 412 g/mol. The number of para-hydroxylation sites is 1. The highest BCUT2D eigenvalue weighted by Crippen LogP contribution is 2.23. The lowest BCUT2D eigenvalue weighted by Crippen LogP contribution is -2.20. The summed E-state index contributed by atoms with van der Waals surface area (Å²) in [5, 5.41) is 4.82. The number of fused-ring (bicyclic) bond motifs is 1. The maximum Gasteiger partial charge on any atom is 0.282 e. The fraction of sp³-hybridized carbons (Fsp3) is 0.160. The van der Waals surface area contributed by atoms with Crippen molar-refractivity contribution in [2.45, 2.75) is 12.8 Å². The van der Waals surface area contributed by atoms with E-state index in [1.54, 1.807) is 24.3 Å². The van der Waals surface area contributed by atoms with Gasteiger partial charge in [0.05, 0.1) is 17.1 Å². The molecule has 0 amide bonds. The molecule has 6 heteroatoms. The van der Waals surface area contributed by atoms with Crippen molar-refractivity contribution in [3.8, 4) is 11.4 Å². The van der Waals surface area contributed by atoms with Crippen molar-refractivity contribution < 1.29 is 4.39 Å². The Hall–Kier alpha value is -3.80. The zero-order valence-electron chi connectivity index (χ0n) is 16.9. The number of nitrogens with zero attached hydrogens (tertiary/aromatic N) is 4. The zero-order valence-corrected chi connectivity index (χ0v) is 16.9. The van der Waals surface area contributed by atoms with Gasteiger partial charge in [-0.05, 0) is 43.2 Å². The van der Waals surface area contributed by atoms with E-state index in [0.29, 0.717) is 22.3 Å². The summed E-state index contributed by atoms with van der Waals surface area (Å²) in [6.07, 6.45) is 3.64. The van der Waals surface area contributed by atoms with Crippen molar-refractivity contribution in [2.24, 2.45) is 5.10 Å². The Balaban J connectivity index is 1.59. The Morgan fingerprint density at radius 3 is 2.45 bits per heavy atom. The van der Waals surface area contributed by atoms with E-state index in [1.807, 2.05) is 42.5 Å². The smallest absolute Gasteiger partial charge is 0.282 e. The quantitative estimate of drug-likeness (QED) is 0.457. The Morgan fingerprint density at radius 1 is 0.935 bits per heavy atom. The summed E-state index contributed by atoms with van der Waals surface area (Å²) in [5.41, 5.74) is 2.25. The molecule has 0 N–H and O–H groups in total. The van der Waals surface area contributed by atoms with Gasteiger partial charge >= 0.3 is 0 Å². The van der Waals surface area contributed by atoms with Crippen LogP contribution in [0.5, 0.6) is 0 Å². The molecular weight excluding hydrogens is 391 g/mol. The van der Waals surface area contributed by atoms with Crippen LogP contribution in [-0.4, -0.2) is 29.0 Å².